The van der Waals surface area contributed by atoms with E-state index >= 15 is 0 Å². The predicted octanol–water partition coefficient (Wildman–Crippen LogP) is 7.28. The minimum absolute atomic E-state index is 0.984. The van der Waals surface area contributed by atoms with Crippen LogP contribution >= 0.6 is 0 Å². The largest absolute Gasteiger partial charge is 0.248 e. The Morgan fingerprint density at radius 1 is 0.571 bits per heavy atom. The number of fused-ring (bicyclic) bond motifs is 2. The first kappa shape index (κ1) is 16.7. The van der Waals surface area contributed by atoms with E-state index in [0.29, 0.717) is 0 Å². The molecule has 5 aromatic rings. The van der Waals surface area contributed by atoms with E-state index in [1.54, 1.807) is 0 Å². The van der Waals surface area contributed by atoms with Crippen LogP contribution in [0.25, 0.3) is 44.1 Å². The minimum atomic E-state index is 0.984. The molecular formula is C27H21N. The monoisotopic (exact) mass is 359 g/mol. The molecule has 1 aromatic heterocycles. The number of benzene rings is 4. The van der Waals surface area contributed by atoms with E-state index in [4.69, 9.17) is 4.98 Å². The van der Waals surface area contributed by atoms with Crippen LogP contribution in [0, 0.1) is 0 Å². The molecule has 0 saturated heterocycles. The van der Waals surface area contributed by atoms with E-state index in [2.05, 4.69) is 104 Å². The molecule has 0 aliphatic carbocycles. The van der Waals surface area contributed by atoms with Gasteiger partial charge in [0, 0.05) is 11.1 Å². The number of aryl methyl sites for hydroxylation is 1. The fourth-order valence-electron chi connectivity index (χ4n) is 3.96. The highest BCUT2D eigenvalue weighted by Crippen LogP contribution is 2.33. The Morgan fingerprint density at radius 2 is 1.04 bits per heavy atom. The standard InChI is InChI=1S/C27H21N/c1-2-19-17-26(24-15-7-11-20-9-3-5-13-22(20)24)28-27(18-19)25-16-8-12-21-10-4-6-14-23(21)25/h3-18H,2H2,1H3. The van der Waals surface area contributed by atoms with Crippen molar-refractivity contribution in [1.29, 1.82) is 0 Å². The normalized spacial score (nSPS) is 11.2. The lowest BCUT2D eigenvalue weighted by Crippen LogP contribution is -1.94. The Labute approximate surface area is 165 Å². The lowest BCUT2D eigenvalue weighted by Gasteiger charge is -2.12. The van der Waals surface area contributed by atoms with Crippen molar-refractivity contribution in [2.75, 3.05) is 0 Å². The molecule has 0 unspecified atom stereocenters. The fraction of sp³-hybridized carbons (Fsp3) is 0.0741. The highest BCUT2D eigenvalue weighted by atomic mass is 14.7. The summed E-state index contributed by atoms with van der Waals surface area (Å²) in [6, 6.07) is 34.4. The van der Waals surface area contributed by atoms with Crippen molar-refractivity contribution in [3.05, 3.63) is 103 Å². The van der Waals surface area contributed by atoms with Crippen molar-refractivity contribution in [2.45, 2.75) is 13.3 Å². The van der Waals surface area contributed by atoms with E-state index in [-0.39, 0.29) is 0 Å². The van der Waals surface area contributed by atoms with Crippen LogP contribution in [-0.2, 0) is 6.42 Å². The SMILES string of the molecule is CCc1cc(-c2cccc3ccccc23)nc(-c2cccc3ccccc23)c1. The molecule has 1 nitrogen and oxygen atoms in total. The van der Waals surface area contributed by atoms with E-state index in [9.17, 15) is 0 Å². The lowest BCUT2D eigenvalue weighted by molar-refractivity contribution is 1.12. The minimum Gasteiger partial charge on any atom is -0.248 e. The predicted molar refractivity (Wildman–Crippen MR) is 119 cm³/mol. The Bertz CT molecular complexity index is 1190. The smallest absolute Gasteiger partial charge is 0.0718 e. The maximum atomic E-state index is 5.12. The summed E-state index contributed by atoms with van der Waals surface area (Å²) >= 11 is 0. The van der Waals surface area contributed by atoms with E-state index < -0.39 is 0 Å². The molecule has 0 fully saturated rings. The molecule has 0 aliphatic rings. The number of rotatable bonds is 3. The summed E-state index contributed by atoms with van der Waals surface area (Å²) in [7, 11) is 0. The van der Waals surface area contributed by atoms with Crippen molar-refractivity contribution < 1.29 is 0 Å². The van der Waals surface area contributed by atoms with Crippen LogP contribution in [0.5, 0.6) is 0 Å². The molecule has 0 amide bonds. The van der Waals surface area contributed by atoms with Crippen molar-refractivity contribution in [1.82, 2.24) is 4.98 Å². The molecule has 1 heteroatoms. The van der Waals surface area contributed by atoms with Crippen LogP contribution in [0.15, 0.2) is 97.1 Å². The first-order valence-electron chi connectivity index (χ1n) is 9.81. The van der Waals surface area contributed by atoms with Crippen molar-refractivity contribution in [3.63, 3.8) is 0 Å². The summed E-state index contributed by atoms with van der Waals surface area (Å²) in [6.45, 7) is 2.20. The molecule has 0 bridgehead atoms. The second-order valence-corrected chi connectivity index (χ2v) is 7.15. The number of pyridine rings is 1. The van der Waals surface area contributed by atoms with E-state index in [0.717, 1.165) is 17.8 Å². The van der Waals surface area contributed by atoms with Gasteiger partial charge in [0.15, 0.2) is 0 Å². The van der Waals surface area contributed by atoms with Crippen molar-refractivity contribution >= 4 is 21.5 Å². The highest BCUT2D eigenvalue weighted by molar-refractivity contribution is 5.98. The maximum Gasteiger partial charge on any atom is 0.0718 e. The van der Waals surface area contributed by atoms with E-state index in [1.165, 1.54) is 38.2 Å². The third-order valence-electron chi connectivity index (χ3n) is 5.42. The average Bonchev–Trinajstić information content (AvgIpc) is 2.78. The van der Waals surface area contributed by atoms with Gasteiger partial charge in [-0.25, -0.2) is 4.98 Å². The highest BCUT2D eigenvalue weighted by Gasteiger charge is 2.11. The molecule has 5 rings (SSSR count). The van der Waals surface area contributed by atoms with Gasteiger partial charge in [-0.15, -0.1) is 0 Å². The van der Waals surface area contributed by atoms with Gasteiger partial charge in [-0.1, -0.05) is 91.9 Å². The molecule has 0 atom stereocenters. The van der Waals surface area contributed by atoms with Crippen LogP contribution in [0.3, 0.4) is 0 Å². The van der Waals surface area contributed by atoms with Crippen LogP contribution < -0.4 is 0 Å². The van der Waals surface area contributed by atoms with Crippen LogP contribution in [0.2, 0.25) is 0 Å². The van der Waals surface area contributed by atoms with Gasteiger partial charge in [-0.05, 0) is 45.7 Å². The molecule has 0 spiro atoms. The molecule has 28 heavy (non-hydrogen) atoms. The molecular weight excluding hydrogens is 338 g/mol. The number of nitrogens with zero attached hydrogens (tertiary/aromatic N) is 1. The third kappa shape index (κ3) is 2.86. The Kier molecular flexibility index (Phi) is 4.14. The van der Waals surface area contributed by atoms with Crippen LogP contribution in [-0.4, -0.2) is 4.98 Å². The summed E-state index contributed by atoms with van der Waals surface area (Å²) in [6.07, 6.45) is 0.984. The van der Waals surface area contributed by atoms with Gasteiger partial charge in [0.05, 0.1) is 11.4 Å². The molecule has 1 heterocycles. The van der Waals surface area contributed by atoms with Crippen LogP contribution in [0.4, 0.5) is 0 Å². The number of hydrogen-bond donors (Lipinski definition) is 0. The molecule has 0 N–H and O–H groups in total. The zero-order valence-electron chi connectivity index (χ0n) is 15.9. The van der Waals surface area contributed by atoms with Gasteiger partial charge >= 0.3 is 0 Å². The van der Waals surface area contributed by atoms with E-state index in [1.807, 2.05) is 0 Å². The zero-order valence-corrected chi connectivity index (χ0v) is 15.9. The van der Waals surface area contributed by atoms with Gasteiger partial charge in [0.1, 0.15) is 0 Å². The number of hydrogen-bond acceptors (Lipinski definition) is 1. The molecule has 0 saturated carbocycles. The second kappa shape index (κ2) is 6.94. The average molecular weight is 359 g/mol. The first-order chi connectivity index (χ1) is 13.8. The third-order valence-corrected chi connectivity index (χ3v) is 5.42. The topological polar surface area (TPSA) is 12.9 Å². The van der Waals surface area contributed by atoms with Gasteiger partial charge in [0.25, 0.3) is 0 Å². The lowest BCUT2D eigenvalue weighted by atomic mass is 9.97. The molecule has 4 aromatic carbocycles. The second-order valence-electron chi connectivity index (χ2n) is 7.15. The molecule has 134 valence electrons. The zero-order chi connectivity index (χ0) is 18.9. The molecule has 0 aliphatic heterocycles. The summed E-state index contributed by atoms with van der Waals surface area (Å²) < 4.78 is 0. The number of aromatic nitrogens is 1. The Balaban J connectivity index is 1.77. The Morgan fingerprint density at radius 3 is 1.54 bits per heavy atom. The van der Waals surface area contributed by atoms with Crippen molar-refractivity contribution in [3.8, 4) is 22.5 Å². The Hall–Kier alpha value is -3.45. The maximum absolute atomic E-state index is 5.12. The van der Waals surface area contributed by atoms with Gasteiger partial charge in [0.2, 0.25) is 0 Å². The van der Waals surface area contributed by atoms with Gasteiger partial charge < -0.3 is 0 Å². The summed E-state index contributed by atoms with van der Waals surface area (Å²) in [4.78, 5) is 5.12. The fourth-order valence-corrected chi connectivity index (χ4v) is 3.96. The summed E-state index contributed by atoms with van der Waals surface area (Å²) in [5.41, 5.74) is 5.77. The summed E-state index contributed by atoms with van der Waals surface area (Å²) in [5, 5.41) is 4.98. The van der Waals surface area contributed by atoms with Crippen molar-refractivity contribution in [2.24, 2.45) is 0 Å². The van der Waals surface area contributed by atoms with Gasteiger partial charge in [-0.3, -0.25) is 0 Å². The molecule has 0 radical (unpaired) electrons. The first-order valence-corrected chi connectivity index (χ1v) is 9.81. The van der Waals surface area contributed by atoms with Gasteiger partial charge in [-0.2, -0.15) is 0 Å². The van der Waals surface area contributed by atoms with Crippen LogP contribution in [0.1, 0.15) is 12.5 Å². The summed E-state index contributed by atoms with van der Waals surface area (Å²) in [5.74, 6) is 0. The quantitative estimate of drug-likeness (QED) is 0.330.